The summed E-state index contributed by atoms with van der Waals surface area (Å²) in [6.45, 7) is 3.17. The first-order valence-electron chi connectivity index (χ1n) is 8.20. The highest BCUT2D eigenvalue weighted by atomic mass is 16.5. The first kappa shape index (κ1) is 15.6. The van der Waals surface area contributed by atoms with E-state index >= 15 is 0 Å². The Bertz CT molecular complexity index is 645. The lowest BCUT2D eigenvalue weighted by Gasteiger charge is -2.16. The minimum Gasteiger partial charge on any atom is -0.493 e. The van der Waals surface area contributed by atoms with Crippen molar-refractivity contribution in [2.24, 2.45) is 0 Å². The predicted molar refractivity (Wildman–Crippen MR) is 91.7 cm³/mol. The Balaban J connectivity index is 1.41. The van der Waals surface area contributed by atoms with Gasteiger partial charge in [0.15, 0.2) is 0 Å². The average Bonchev–Trinajstić information content (AvgIpc) is 3.37. The third-order valence-corrected chi connectivity index (χ3v) is 4.48. The number of hydrogen-bond acceptors (Lipinski definition) is 2. The Kier molecular flexibility index (Phi) is 4.65. The minimum absolute atomic E-state index is 0.0549. The van der Waals surface area contributed by atoms with Crippen LogP contribution in [0.5, 0.6) is 5.75 Å². The topological polar surface area (TPSA) is 38.3 Å². The molecular formula is C20H23NO2. The van der Waals surface area contributed by atoms with Gasteiger partial charge in [-0.1, -0.05) is 48.0 Å². The summed E-state index contributed by atoms with van der Waals surface area (Å²) < 4.78 is 5.60. The van der Waals surface area contributed by atoms with E-state index in [1.807, 2.05) is 37.3 Å². The van der Waals surface area contributed by atoms with Crippen LogP contribution in [0.3, 0.4) is 0 Å². The molecule has 3 heteroatoms. The summed E-state index contributed by atoms with van der Waals surface area (Å²) >= 11 is 0. The fourth-order valence-electron chi connectivity index (χ4n) is 2.76. The van der Waals surface area contributed by atoms with Crippen LogP contribution in [-0.2, 0) is 10.2 Å². The standard InChI is InChI=1S/C20H23NO2/c1-16-7-9-18(10-8-16)23-14-11-19(22)21-15-20(12-13-20)17-5-3-2-4-6-17/h2-10H,11-15H2,1H3,(H,21,22). The van der Waals surface area contributed by atoms with Gasteiger partial charge in [0.05, 0.1) is 13.0 Å². The molecule has 2 aromatic rings. The van der Waals surface area contributed by atoms with Crippen LogP contribution in [0.2, 0.25) is 0 Å². The number of carbonyl (C=O) groups excluding carboxylic acids is 1. The quantitative estimate of drug-likeness (QED) is 0.848. The molecule has 0 spiro atoms. The molecule has 1 saturated carbocycles. The molecule has 2 aromatic carbocycles. The summed E-state index contributed by atoms with van der Waals surface area (Å²) in [5, 5.41) is 3.06. The zero-order chi connectivity index (χ0) is 16.1. The van der Waals surface area contributed by atoms with E-state index in [-0.39, 0.29) is 11.3 Å². The SMILES string of the molecule is Cc1ccc(OCCC(=O)NCC2(c3ccccc3)CC2)cc1. The van der Waals surface area contributed by atoms with E-state index in [4.69, 9.17) is 4.74 Å². The lowest BCUT2D eigenvalue weighted by atomic mass is 9.96. The van der Waals surface area contributed by atoms with E-state index in [0.717, 1.165) is 25.1 Å². The van der Waals surface area contributed by atoms with Crippen molar-refractivity contribution >= 4 is 5.91 Å². The molecule has 3 nitrogen and oxygen atoms in total. The molecule has 23 heavy (non-hydrogen) atoms. The van der Waals surface area contributed by atoms with Gasteiger partial charge in [-0.2, -0.15) is 0 Å². The second-order valence-electron chi connectivity index (χ2n) is 6.33. The van der Waals surface area contributed by atoms with Crippen molar-refractivity contribution in [3.05, 3.63) is 65.7 Å². The molecular weight excluding hydrogens is 286 g/mol. The van der Waals surface area contributed by atoms with Crippen LogP contribution in [0.1, 0.15) is 30.4 Å². The fraction of sp³-hybridized carbons (Fsp3) is 0.350. The number of nitrogens with one attached hydrogen (secondary N) is 1. The second-order valence-corrected chi connectivity index (χ2v) is 6.33. The van der Waals surface area contributed by atoms with Crippen LogP contribution in [0.15, 0.2) is 54.6 Å². The van der Waals surface area contributed by atoms with Crippen molar-refractivity contribution in [3.63, 3.8) is 0 Å². The Labute approximate surface area is 137 Å². The summed E-state index contributed by atoms with van der Waals surface area (Å²) in [7, 11) is 0. The zero-order valence-electron chi connectivity index (χ0n) is 13.5. The highest BCUT2D eigenvalue weighted by Crippen LogP contribution is 2.47. The molecule has 0 bridgehead atoms. The van der Waals surface area contributed by atoms with Crippen molar-refractivity contribution in [2.75, 3.05) is 13.2 Å². The van der Waals surface area contributed by atoms with Gasteiger partial charge in [-0.25, -0.2) is 0 Å². The molecule has 0 unspecified atom stereocenters. The largest absolute Gasteiger partial charge is 0.493 e. The molecule has 1 N–H and O–H groups in total. The highest BCUT2D eigenvalue weighted by molar-refractivity contribution is 5.76. The summed E-state index contributed by atoms with van der Waals surface area (Å²) in [6.07, 6.45) is 2.69. The number of amides is 1. The number of carbonyl (C=O) groups is 1. The third kappa shape index (κ3) is 4.13. The maximum absolute atomic E-state index is 12.0. The summed E-state index contributed by atoms with van der Waals surface area (Å²) in [6, 6.07) is 18.3. The molecule has 1 fully saturated rings. The second kappa shape index (κ2) is 6.86. The van der Waals surface area contributed by atoms with Gasteiger partial charge in [0.2, 0.25) is 5.91 Å². The molecule has 0 saturated heterocycles. The van der Waals surface area contributed by atoms with E-state index in [9.17, 15) is 4.79 Å². The number of aryl methyl sites for hydroxylation is 1. The summed E-state index contributed by atoms with van der Waals surface area (Å²) in [5.74, 6) is 0.866. The molecule has 120 valence electrons. The van der Waals surface area contributed by atoms with E-state index < -0.39 is 0 Å². The van der Waals surface area contributed by atoms with Crippen molar-refractivity contribution in [3.8, 4) is 5.75 Å². The van der Waals surface area contributed by atoms with E-state index in [1.165, 1.54) is 11.1 Å². The molecule has 0 atom stereocenters. The van der Waals surface area contributed by atoms with Crippen LogP contribution in [-0.4, -0.2) is 19.1 Å². The molecule has 0 heterocycles. The van der Waals surface area contributed by atoms with Gasteiger partial charge in [0.25, 0.3) is 0 Å². The molecule has 1 aliphatic rings. The molecule has 0 aromatic heterocycles. The lowest BCUT2D eigenvalue weighted by molar-refractivity contribution is -0.121. The molecule has 1 amide bonds. The van der Waals surface area contributed by atoms with Crippen LogP contribution in [0.4, 0.5) is 0 Å². The van der Waals surface area contributed by atoms with E-state index in [1.54, 1.807) is 0 Å². The average molecular weight is 309 g/mol. The maximum Gasteiger partial charge on any atom is 0.223 e. The normalized spacial score (nSPS) is 15.0. The lowest BCUT2D eigenvalue weighted by Crippen LogP contribution is -2.32. The summed E-state index contributed by atoms with van der Waals surface area (Å²) in [4.78, 5) is 12.0. The molecule has 0 aliphatic heterocycles. The zero-order valence-corrected chi connectivity index (χ0v) is 13.5. The molecule has 1 aliphatic carbocycles. The van der Waals surface area contributed by atoms with Crippen molar-refractivity contribution in [2.45, 2.75) is 31.6 Å². The maximum atomic E-state index is 12.0. The van der Waals surface area contributed by atoms with Gasteiger partial charge in [-0.15, -0.1) is 0 Å². The van der Waals surface area contributed by atoms with Crippen LogP contribution >= 0.6 is 0 Å². The van der Waals surface area contributed by atoms with Crippen LogP contribution in [0, 0.1) is 6.92 Å². The fourth-order valence-corrected chi connectivity index (χ4v) is 2.76. The first-order chi connectivity index (χ1) is 11.2. The number of benzene rings is 2. The van der Waals surface area contributed by atoms with Gasteiger partial charge < -0.3 is 10.1 Å². The van der Waals surface area contributed by atoms with Gasteiger partial charge in [-0.05, 0) is 37.5 Å². The number of ether oxygens (including phenoxy) is 1. The highest BCUT2D eigenvalue weighted by Gasteiger charge is 2.44. The molecule has 3 rings (SSSR count). The monoisotopic (exact) mass is 309 g/mol. The van der Waals surface area contributed by atoms with Gasteiger partial charge in [0.1, 0.15) is 5.75 Å². The number of hydrogen-bond donors (Lipinski definition) is 1. The number of rotatable bonds is 7. The van der Waals surface area contributed by atoms with Crippen molar-refractivity contribution in [1.82, 2.24) is 5.32 Å². The minimum atomic E-state index is 0.0549. The van der Waals surface area contributed by atoms with Gasteiger partial charge in [0, 0.05) is 12.0 Å². The van der Waals surface area contributed by atoms with Gasteiger partial charge >= 0.3 is 0 Å². The first-order valence-corrected chi connectivity index (χ1v) is 8.20. The van der Waals surface area contributed by atoms with Crippen molar-refractivity contribution < 1.29 is 9.53 Å². The summed E-state index contributed by atoms with van der Waals surface area (Å²) in [5.41, 5.74) is 2.69. The molecule has 0 radical (unpaired) electrons. The van der Waals surface area contributed by atoms with E-state index in [0.29, 0.717) is 13.0 Å². The smallest absolute Gasteiger partial charge is 0.223 e. The van der Waals surface area contributed by atoms with Crippen LogP contribution < -0.4 is 10.1 Å². The third-order valence-electron chi connectivity index (χ3n) is 4.48. The Morgan fingerprint density at radius 2 is 1.78 bits per heavy atom. The Morgan fingerprint density at radius 1 is 1.09 bits per heavy atom. The Morgan fingerprint density at radius 3 is 2.43 bits per heavy atom. The van der Waals surface area contributed by atoms with Crippen molar-refractivity contribution in [1.29, 1.82) is 0 Å². The predicted octanol–water partition coefficient (Wildman–Crippen LogP) is 3.61. The van der Waals surface area contributed by atoms with Crippen LogP contribution in [0.25, 0.3) is 0 Å². The van der Waals surface area contributed by atoms with E-state index in [2.05, 4.69) is 29.6 Å². The Hall–Kier alpha value is -2.29. The van der Waals surface area contributed by atoms with Gasteiger partial charge in [-0.3, -0.25) is 4.79 Å².